The van der Waals surface area contributed by atoms with Gasteiger partial charge in [0.1, 0.15) is 0 Å². The van der Waals surface area contributed by atoms with Crippen molar-refractivity contribution in [2.45, 2.75) is 59.3 Å². The van der Waals surface area contributed by atoms with Crippen molar-refractivity contribution in [2.75, 3.05) is 0 Å². The van der Waals surface area contributed by atoms with Crippen LogP contribution in [0.25, 0.3) is 11.1 Å². The second kappa shape index (κ2) is 7.59. The Labute approximate surface area is 146 Å². The van der Waals surface area contributed by atoms with Gasteiger partial charge in [0.25, 0.3) is 0 Å². The Morgan fingerprint density at radius 3 is 1.79 bits per heavy atom. The van der Waals surface area contributed by atoms with Crippen LogP contribution >= 0.6 is 8.03 Å². The molecule has 0 spiro atoms. The lowest BCUT2D eigenvalue weighted by atomic mass is 9.81. The molecule has 24 heavy (non-hydrogen) atoms. The third kappa shape index (κ3) is 3.61. The van der Waals surface area contributed by atoms with Gasteiger partial charge in [0.15, 0.2) is 5.30 Å². The first-order chi connectivity index (χ1) is 11.3. The van der Waals surface area contributed by atoms with E-state index in [1.165, 1.54) is 5.56 Å². The lowest BCUT2D eigenvalue weighted by Crippen LogP contribution is -2.21. The molecule has 2 aromatic carbocycles. The van der Waals surface area contributed by atoms with Crippen LogP contribution in [0.15, 0.2) is 36.4 Å². The highest BCUT2D eigenvalue weighted by Crippen LogP contribution is 2.40. The van der Waals surface area contributed by atoms with Gasteiger partial charge in [-0.05, 0) is 34.4 Å². The summed E-state index contributed by atoms with van der Waals surface area (Å²) in [5.74, 6) is 0.640. The molecule has 0 aliphatic carbocycles. The molecule has 2 rings (SSSR count). The highest BCUT2D eigenvalue weighted by Gasteiger charge is 2.30. The SMILES string of the molecule is CC(C)c1cc(C(C)C)c([P+](=O)[O-])c(C(C)C)c1-c1ccccc1. The molecule has 0 fully saturated rings. The van der Waals surface area contributed by atoms with Gasteiger partial charge < -0.3 is 4.89 Å². The maximum absolute atomic E-state index is 12.2. The molecule has 0 aromatic heterocycles. The Morgan fingerprint density at radius 2 is 1.38 bits per heavy atom. The average molecular weight is 342 g/mol. The van der Waals surface area contributed by atoms with E-state index in [0.717, 1.165) is 22.3 Å². The van der Waals surface area contributed by atoms with Gasteiger partial charge in [-0.25, -0.2) is 0 Å². The van der Waals surface area contributed by atoms with Crippen LogP contribution in [-0.2, 0) is 4.57 Å². The van der Waals surface area contributed by atoms with Crippen molar-refractivity contribution in [1.82, 2.24) is 0 Å². The molecule has 0 aliphatic heterocycles. The van der Waals surface area contributed by atoms with E-state index in [0.29, 0.717) is 11.2 Å². The Morgan fingerprint density at radius 1 is 0.833 bits per heavy atom. The van der Waals surface area contributed by atoms with E-state index in [1.54, 1.807) is 0 Å². The zero-order valence-electron chi connectivity index (χ0n) is 15.5. The summed E-state index contributed by atoms with van der Waals surface area (Å²) < 4.78 is 12.2. The van der Waals surface area contributed by atoms with Crippen LogP contribution in [0, 0.1) is 0 Å². The van der Waals surface area contributed by atoms with Crippen LogP contribution < -0.4 is 10.2 Å². The summed E-state index contributed by atoms with van der Waals surface area (Å²) in [6, 6.07) is 12.3. The molecular weight excluding hydrogens is 315 g/mol. The molecule has 0 N–H and O–H groups in total. The van der Waals surface area contributed by atoms with Gasteiger partial charge in [-0.3, -0.25) is 0 Å². The molecule has 1 unspecified atom stereocenters. The second-order valence-electron chi connectivity index (χ2n) is 7.28. The van der Waals surface area contributed by atoms with E-state index in [-0.39, 0.29) is 11.8 Å². The molecule has 2 aromatic rings. The molecule has 0 heterocycles. The Kier molecular flexibility index (Phi) is 5.96. The van der Waals surface area contributed by atoms with Crippen LogP contribution in [-0.4, -0.2) is 0 Å². The van der Waals surface area contributed by atoms with Crippen molar-refractivity contribution in [3.8, 4) is 11.1 Å². The first-order valence-corrected chi connectivity index (χ1v) is 9.83. The number of hydrogen-bond acceptors (Lipinski definition) is 2. The molecule has 3 heteroatoms. The highest BCUT2D eigenvalue weighted by atomic mass is 31.1. The van der Waals surface area contributed by atoms with Gasteiger partial charge in [-0.2, -0.15) is 0 Å². The van der Waals surface area contributed by atoms with E-state index < -0.39 is 8.03 Å². The zero-order chi connectivity index (χ0) is 18.0. The topological polar surface area (TPSA) is 40.1 Å². The van der Waals surface area contributed by atoms with Crippen molar-refractivity contribution in [2.24, 2.45) is 0 Å². The van der Waals surface area contributed by atoms with Gasteiger partial charge in [-0.1, -0.05) is 82.5 Å². The second-order valence-corrected chi connectivity index (χ2v) is 8.24. The monoisotopic (exact) mass is 342 g/mol. The zero-order valence-corrected chi connectivity index (χ0v) is 16.4. The van der Waals surface area contributed by atoms with Crippen LogP contribution in [0.1, 0.15) is 76.0 Å². The van der Waals surface area contributed by atoms with Gasteiger partial charge in [-0.15, -0.1) is 0 Å². The highest BCUT2D eigenvalue weighted by molar-refractivity contribution is 7.46. The third-order valence-electron chi connectivity index (χ3n) is 4.46. The molecule has 0 radical (unpaired) electrons. The largest absolute Gasteiger partial charge is 0.591 e. The molecule has 0 bridgehead atoms. The van der Waals surface area contributed by atoms with Gasteiger partial charge >= 0.3 is 8.03 Å². The lowest BCUT2D eigenvalue weighted by Gasteiger charge is -2.24. The molecule has 128 valence electrons. The number of rotatable bonds is 5. The van der Waals surface area contributed by atoms with Crippen molar-refractivity contribution in [3.05, 3.63) is 53.1 Å². The van der Waals surface area contributed by atoms with Crippen molar-refractivity contribution in [3.63, 3.8) is 0 Å². The predicted molar refractivity (Wildman–Crippen MR) is 101 cm³/mol. The maximum atomic E-state index is 12.2. The van der Waals surface area contributed by atoms with Crippen LogP contribution in [0.5, 0.6) is 0 Å². The molecule has 2 nitrogen and oxygen atoms in total. The number of hydrogen-bond donors (Lipinski definition) is 0. The maximum Gasteiger partial charge on any atom is 0.349 e. The summed E-state index contributed by atoms with van der Waals surface area (Å²) in [7, 11) is -2.64. The minimum absolute atomic E-state index is 0.138. The van der Waals surface area contributed by atoms with Gasteiger partial charge in [0.2, 0.25) is 0 Å². The normalized spacial score (nSPS) is 12.3. The summed E-state index contributed by atoms with van der Waals surface area (Å²) in [6.45, 7) is 12.6. The number of benzene rings is 2. The first-order valence-electron chi connectivity index (χ1n) is 8.66. The summed E-state index contributed by atoms with van der Waals surface area (Å²) >= 11 is 0. The van der Waals surface area contributed by atoms with Gasteiger partial charge in [0, 0.05) is 11.1 Å². The Hall–Kier alpha value is -1.50. The smallest absolute Gasteiger partial charge is 0.349 e. The van der Waals surface area contributed by atoms with Gasteiger partial charge in [0.05, 0.1) is 0 Å². The van der Waals surface area contributed by atoms with Crippen molar-refractivity contribution >= 4 is 13.3 Å². The third-order valence-corrected chi connectivity index (χ3v) is 5.33. The predicted octanol–water partition coefficient (Wildman–Crippen LogP) is 5.45. The van der Waals surface area contributed by atoms with Crippen LogP contribution in [0.3, 0.4) is 0 Å². The van der Waals surface area contributed by atoms with Crippen LogP contribution in [0.2, 0.25) is 0 Å². The molecule has 0 aliphatic rings. The van der Waals surface area contributed by atoms with E-state index in [9.17, 15) is 9.46 Å². The van der Waals surface area contributed by atoms with E-state index in [2.05, 4.69) is 59.7 Å². The fraction of sp³-hybridized carbons (Fsp3) is 0.429. The molecule has 0 saturated carbocycles. The summed E-state index contributed by atoms with van der Waals surface area (Å²) in [5, 5.41) is 0.526. The summed E-state index contributed by atoms with van der Waals surface area (Å²) in [6.07, 6.45) is 0. The average Bonchev–Trinajstić information content (AvgIpc) is 2.53. The molecule has 0 amide bonds. The minimum atomic E-state index is -2.64. The Balaban J connectivity index is 3.00. The van der Waals surface area contributed by atoms with E-state index in [4.69, 9.17) is 0 Å². The van der Waals surface area contributed by atoms with E-state index >= 15 is 0 Å². The lowest BCUT2D eigenvalue weighted by molar-refractivity contribution is -0.160. The first kappa shape index (κ1) is 18.8. The Bertz CT molecular complexity index is 731. The summed E-state index contributed by atoms with van der Waals surface area (Å²) in [5.41, 5.74) is 5.33. The van der Waals surface area contributed by atoms with Crippen molar-refractivity contribution < 1.29 is 9.46 Å². The standard InChI is InChI=1S/C21H27O2P/c1-13(2)17-12-18(14(3)4)21(24(22)23)19(15(5)6)20(17)16-10-8-7-9-11-16/h7-15H,1-6H3. The fourth-order valence-electron chi connectivity index (χ4n) is 3.33. The van der Waals surface area contributed by atoms with E-state index in [1.807, 2.05) is 18.2 Å². The summed E-state index contributed by atoms with van der Waals surface area (Å²) in [4.78, 5) is 12.2. The van der Waals surface area contributed by atoms with Crippen molar-refractivity contribution in [1.29, 1.82) is 0 Å². The fourth-order valence-corrected chi connectivity index (χ4v) is 4.43. The molecule has 1 atom stereocenters. The quantitative estimate of drug-likeness (QED) is 0.678. The molecule has 0 saturated heterocycles. The minimum Gasteiger partial charge on any atom is -0.591 e. The van der Waals surface area contributed by atoms with Crippen LogP contribution in [0.4, 0.5) is 0 Å². The molecular formula is C21H27O2P.